The Bertz CT molecular complexity index is 1250. The fourth-order valence-electron chi connectivity index (χ4n) is 4.52. The number of carbonyl (C=O) groups excluding carboxylic acids is 1. The van der Waals surface area contributed by atoms with Gasteiger partial charge in [-0.1, -0.05) is 0 Å². The van der Waals surface area contributed by atoms with Crippen LogP contribution >= 0.6 is 0 Å². The van der Waals surface area contributed by atoms with Crippen molar-refractivity contribution in [2.24, 2.45) is 0 Å². The number of benzene rings is 2. The number of carbonyl (C=O) groups is 1. The number of piperazine rings is 1. The molecule has 5 rings (SSSR count). The van der Waals surface area contributed by atoms with Gasteiger partial charge in [0.2, 0.25) is 0 Å². The molecule has 2 fully saturated rings. The van der Waals surface area contributed by atoms with Gasteiger partial charge in [-0.3, -0.25) is 9.59 Å². The molecule has 2 saturated heterocycles. The molecule has 0 spiro atoms. The van der Waals surface area contributed by atoms with E-state index in [0.717, 1.165) is 56.7 Å². The van der Waals surface area contributed by atoms with Gasteiger partial charge in [0, 0.05) is 56.7 Å². The maximum atomic E-state index is 14.6. The van der Waals surface area contributed by atoms with Crippen LogP contribution in [0.15, 0.2) is 47.3 Å². The monoisotopic (exact) mass is 465 g/mol. The first-order chi connectivity index (χ1) is 16.5. The van der Waals surface area contributed by atoms with E-state index in [4.69, 9.17) is 4.74 Å². The highest BCUT2D eigenvalue weighted by atomic mass is 19.1. The lowest BCUT2D eigenvalue weighted by Gasteiger charge is -2.34. The molecule has 1 amide bonds. The van der Waals surface area contributed by atoms with Crippen molar-refractivity contribution in [1.29, 1.82) is 0 Å². The van der Waals surface area contributed by atoms with Crippen molar-refractivity contribution in [3.05, 3.63) is 64.2 Å². The molecule has 1 aromatic heterocycles. The van der Waals surface area contributed by atoms with Gasteiger partial charge in [-0.05, 0) is 43.4 Å². The number of ether oxygens (including phenoxy) is 1. The van der Waals surface area contributed by atoms with Crippen LogP contribution in [0.1, 0.15) is 10.5 Å². The molecule has 2 N–H and O–H groups in total. The molecule has 0 radical (unpaired) electrons. The molecular formula is C25H28FN5O3. The van der Waals surface area contributed by atoms with Crippen molar-refractivity contribution in [2.45, 2.75) is 0 Å². The molecule has 0 unspecified atom stereocenters. The van der Waals surface area contributed by atoms with Crippen molar-refractivity contribution in [1.82, 2.24) is 9.88 Å². The van der Waals surface area contributed by atoms with E-state index in [1.165, 1.54) is 6.07 Å². The number of aromatic nitrogens is 1. The maximum Gasteiger partial charge on any atom is 0.272 e. The fourth-order valence-corrected chi connectivity index (χ4v) is 4.52. The number of aromatic amines is 1. The number of likely N-dealkylation sites (N-methyl/N-ethyl adjacent to an activating group) is 1. The Balaban J connectivity index is 1.41. The van der Waals surface area contributed by atoms with Gasteiger partial charge in [-0.15, -0.1) is 0 Å². The molecule has 8 nitrogen and oxygen atoms in total. The number of halogens is 1. The van der Waals surface area contributed by atoms with Crippen LogP contribution in [0, 0.1) is 5.82 Å². The standard InChI is InChI=1S/C25H28FN5O3/c1-29-8-10-31(11-9-29)21-7-6-19(26)23-22(32)16-20(28-24(21)23)25(33)27-17-2-4-18(5-3-17)30-12-14-34-15-13-30/h2-7,16H,8-15H2,1H3,(H,27,33)(H,28,32). The number of rotatable bonds is 4. The third kappa shape index (κ3) is 4.49. The van der Waals surface area contributed by atoms with Crippen LogP contribution in [0.2, 0.25) is 0 Å². The van der Waals surface area contributed by atoms with E-state index in [-0.39, 0.29) is 11.1 Å². The van der Waals surface area contributed by atoms with Crippen LogP contribution in [0.25, 0.3) is 10.9 Å². The summed E-state index contributed by atoms with van der Waals surface area (Å²) in [5, 5.41) is 2.81. The Morgan fingerprint density at radius 3 is 2.38 bits per heavy atom. The molecule has 0 atom stereocenters. The number of nitrogens with zero attached hydrogens (tertiary/aromatic N) is 3. The molecule has 0 aliphatic carbocycles. The molecule has 178 valence electrons. The zero-order valence-electron chi connectivity index (χ0n) is 19.1. The summed E-state index contributed by atoms with van der Waals surface area (Å²) in [6.45, 7) is 6.30. The van der Waals surface area contributed by atoms with E-state index in [0.29, 0.717) is 24.4 Å². The molecule has 2 aromatic carbocycles. The molecule has 3 aromatic rings. The molecule has 9 heteroatoms. The van der Waals surface area contributed by atoms with Gasteiger partial charge in [0.15, 0.2) is 5.43 Å². The average molecular weight is 466 g/mol. The Morgan fingerprint density at radius 1 is 0.971 bits per heavy atom. The van der Waals surface area contributed by atoms with E-state index < -0.39 is 17.2 Å². The second-order valence-electron chi connectivity index (χ2n) is 8.75. The van der Waals surface area contributed by atoms with E-state index >= 15 is 0 Å². The third-order valence-electron chi connectivity index (χ3n) is 6.50. The summed E-state index contributed by atoms with van der Waals surface area (Å²) in [7, 11) is 2.05. The smallest absolute Gasteiger partial charge is 0.272 e. The predicted molar refractivity (Wildman–Crippen MR) is 132 cm³/mol. The predicted octanol–water partition coefficient (Wildman–Crippen LogP) is 2.51. The van der Waals surface area contributed by atoms with Crippen LogP contribution in [0.4, 0.5) is 21.5 Å². The SMILES string of the molecule is CN1CCN(c2ccc(F)c3c(=O)cc(C(=O)Nc4ccc(N5CCOCC5)cc4)[nH]c23)CC1. The summed E-state index contributed by atoms with van der Waals surface area (Å²) in [6, 6.07) is 11.7. The number of H-pyrrole nitrogens is 1. The van der Waals surface area contributed by atoms with Crippen LogP contribution in [-0.2, 0) is 4.74 Å². The van der Waals surface area contributed by atoms with E-state index in [1.54, 1.807) is 6.07 Å². The molecule has 3 heterocycles. The largest absolute Gasteiger partial charge is 0.378 e. The second kappa shape index (κ2) is 9.44. The van der Waals surface area contributed by atoms with Crippen LogP contribution in [0.3, 0.4) is 0 Å². The highest BCUT2D eigenvalue weighted by molar-refractivity contribution is 6.05. The lowest BCUT2D eigenvalue weighted by molar-refractivity contribution is 0.102. The molecular weight excluding hydrogens is 437 g/mol. The van der Waals surface area contributed by atoms with Crippen LogP contribution in [-0.4, -0.2) is 75.3 Å². The third-order valence-corrected chi connectivity index (χ3v) is 6.50. The minimum atomic E-state index is -0.597. The molecule has 2 aliphatic heterocycles. The first-order valence-corrected chi connectivity index (χ1v) is 11.5. The minimum Gasteiger partial charge on any atom is -0.378 e. The number of pyridine rings is 1. The number of fused-ring (bicyclic) bond motifs is 1. The number of amides is 1. The van der Waals surface area contributed by atoms with Crippen molar-refractivity contribution in [3.8, 4) is 0 Å². The van der Waals surface area contributed by atoms with E-state index in [9.17, 15) is 14.0 Å². The molecule has 0 saturated carbocycles. The summed E-state index contributed by atoms with van der Waals surface area (Å²) in [5.74, 6) is -1.05. The van der Waals surface area contributed by atoms with Gasteiger partial charge in [-0.2, -0.15) is 0 Å². The number of morpholine rings is 1. The summed E-state index contributed by atoms with van der Waals surface area (Å²) < 4.78 is 20.0. The summed E-state index contributed by atoms with van der Waals surface area (Å²) in [6.07, 6.45) is 0. The quantitative estimate of drug-likeness (QED) is 0.616. The number of anilines is 3. The molecule has 0 bridgehead atoms. The maximum absolute atomic E-state index is 14.6. The Labute approximate surface area is 196 Å². The lowest BCUT2D eigenvalue weighted by Crippen LogP contribution is -2.44. The Kier molecular flexibility index (Phi) is 6.21. The first-order valence-electron chi connectivity index (χ1n) is 11.5. The van der Waals surface area contributed by atoms with E-state index in [1.807, 2.05) is 24.3 Å². The minimum absolute atomic E-state index is 0.0251. The number of hydrogen-bond donors (Lipinski definition) is 2. The topological polar surface area (TPSA) is 80.9 Å². The normalized spacial score (nSPS) is 17.2. The highest BCUT2D eigenvalue weighted by Crippen LogP contribution is 2.27. The zero-order valence-corrected chi connectivity index (χ0v) is 19.1. The fraction of sp³-hybridized carbons (Fsp3) is 0.360. The van der Waals surface area contributed by atoms with Crippen LogP contribution in [0.5, 0.6) is 0 Å². The van der Waals surface area contributed by atoms with Crippen molar-refractivity contribution < 1.29 is 13.9 Å². The van der Waals surface area contributed by atoms with Gasteiger partial charge in [0.05, 0.1) is 29.8 Å². The van der Waals surface area contributed by atoms with Crippen molar-refractivity contribution >= 4 is 33.9 Å². The first kappa shape index (κ1) is 22.4. The highest BCUT2D eigenvalue weighted by Gasteiger charge is 2.21. The van der Waals surface area contributed by atoms with Gasteiger partial charge < -0.3 is 29.7 Å². The molecule has 34 heavy (non-hydrogen) atoms. The van der Waals surface area contributed by atoms with Crippen LogP contribution < -0.4 is 20.5 Å². The summed E-state index contributed by atoms with van der Waals surface area (Å²) in [5.41, 5.74) is 2.33. The number of nitrogens with one attached hydrogen (secondary N) is 2. The average Bonchev–Trinajstić information content (AvgIpc) is 2.85. The Morgan fingerprint density at radius 2 is 1.68 bits per heavy atom. The van der Waals surface area contributed by atoms with E-state index in [2.05, 4.69) is 32.0 Å². The summed E-state index contributed by atoms with van der Waals surface area (Å²) >= 11 is 0. The molecule has 2 aliphatic rings. The lowest BCUT2D eigenvalue weighted by atomic mass is 10.1. The van der Waals surface area contributed by atoms with Gasteiger partial charge in [-0.25, -0.2) is 4.39 Å². The van der Waals surface area contributed by atoms with Crippen molar-refractivity contribution in [3.63, 3.8) is 0 Å². The van der Waals surface area contributed by atoms with Gasteiger partial charge in [0.25, 0.3) is 5.91 Å². The van der Waals surface area contributed by atoms with Gasteiger partial charge >= 0.3 is 0 Å². The second-order valence-corrected chi connectivity index (χ2v) is 8.75. The number of hydrogen-bond acceptors (Lipinski definition) is 6. The Hall–Kier alpha value is -3.43. The van der Waals surface area contributed by atoms with Gasteiger partial charge in [0.1, 0.15) is 11.5 Å². The summed E-state index contributed by atoms with van der Waals surface area (Å²) in [4.78, 5) is 35.4. The zero-order chi connectivity index (χ0) is 23.7. The van der Waals surface area contributed by atoms with Crippen molar-refractivity contribution in [2.75, 3.05) is 74.6 Å².